The fourth-order valence-electron chi connectivity index (χ4n) is 3.22. The number of nitrogens with zero attached hydrogens (tertiary/aromatic N) is 1. The lowest BCUT2D eigenvalue weighted by atomic mass is 9.79. The third-order valence-corrected chi connectivity index (χ3v) is 4.55. The Morgan fingerprint density at radius 1 is 1.30 bits per heavy atom. The third kappa shape index (κ3) is 5.20. The zero-order valence-corrected chi connectivity index (χ0v) is 14.0. The minimum Gasteiger partial charge on any atom is -0.382 e. The number of guanidine groups is 1. The molecule has 0 bridgehead atoms. The van der Waals surface area contributed by atoms with E-state index in [0.29, 0.717) is 12.5 Å². The minimum atomic E-state index is -0.194. The number of halogens is 1. The molecule has 2 rings (SSSR count). The fourth-order valence-corrected chi connectivity index (χ4v) is 3.22. The highest BCUT2D eigenvalue weighted by molar-refractivity contribution is 5.77. The summed E-state index contributed by atoms with van der Waals surface area (Å²) < 4.78 is 18.5. The lowest BCUT2D eigenvalue weighted by Crippen LogP contribution is -2.35. The number of nitrogens with two attached hydrogens (primary N) is 1. The molecule has 0 spiro atoms. The molecule has 128 valence electrons. The van der Waals surface area contributed by atoms with Gasteiger partial charge >= 0.3 is 0 Å². The quantitative estimate of drug-likeness (QED) is 0.440. The van der Waals surface area contributed by atoms with Gasteiger partial charge in [0, 0.05) is 25.2 Å². The van der Waals surface area contributed by atoms with Crippen molar-refractivity contribution < 1.29 is 9.13 Å². The Labute approximate surface area is 138 Å². The average molecular weight is 321 g/mol. The SMILES string of the molecule is CCOCCCNC(N)=NCC1(c2ccc(F)cc2)CCCC1. The molecule has 4 nitrogen and oxygen atoms in total. The number of ether oxygens (including phenoxy) is 1. The third-order valence-electron chi connectivity index (χ3n) is 4.55. The summed E-state index contributed by atoms with van der Waals surface area (Å²) in [5, 5.41) is 3.13. The summed E-state index contributed by atoms with van der Waals surface area (Å²) in [6, 6.07) is 6.85. The van der Waals surface area contributed by atoms with E-state index in [1.807, 2.05) is 19.1 Å². The van der Waals surface area contributed by atoms with E-state index in [9.17, 15) is 4.39 Å². The molecule has 1 saturated carbocycles. The Morgan fingerprint density at radius 2 is 2.00 bits per heavy atom. The molecule has 1 aromatic carbocycles. The molecule has 23 heavy (non-hydrogen) atoms. The molecule has 0 aliphatic heterocycles. The molecule has 0 heterocycles. The summed E-state index contributed by atoms with van der Waals surface area (Å²) in [6.07, 6.45) is 5.45. The van der Waals surface area contributed by atoms with Crippen molar-refractivity contribution in [2.75, 3.05) is 26.3 Å². The van der Waals surface area contributed by atoms with Crippen LogP contribution in [0.4, 0.5) is 4.39 Å². The van der Waals surface area contributed by atoms with Gasteiger partial charge in [-0.3, -0.25) is 4.99 Å². The highest BCUT2D eigenvalue weighted by atomic mass is 19.1. The van der Waals surface area contributed by atoms with Gasteiger partial charge in [0.25, 0.3) is 0 Å². The predicted molar refractivity (Wildman–Crippen MR) is 92.1 cm³/mol. The van der Waals surface area contributed by atoms with Gasteiger partial charge in [-0.15, -0.1) is 0 Å². The van der Waals surface area contributed by atoms with Gasteiger partial charge < -0.3 is 15.8 Å². The van der Waals surface area contributed by atoms with Gasteiger partial charge in [-0.2, -0.15) is 0 Å². The molecule has 0 unspecified atom stereocenters. The van der Waals surface area contributed by atoms with E-state index in [2.05, 4.69) is 10.3 Å². The molecule has 0 aromatic heterocycles. The van der Waals surface area contributed by atoms with E-state index in [0.717, 1.165) is 39.0 Å². The van der Waals surface area contributed by atoms with E-state index in [4.69, 9.17) is 10.5 Å². The van der Waals surface area contributed by atoms with Gasteiger partial charge in [0.15, 0.2) is 5.96 Å². The molecule has 1 aliphatic carbocycles. The first kappa shape index (κ1) is 17.7. The summed E-state index contributed by atoms with van der Waals surface area (Å²) in [4.78, 5) is 4.54. The van der Waals surface area contributed by atoms with E-state index in [1.165, 1.54) is 30.5 Å². The van der Waals surface area contributed by atoms with Crippen molar-refractivity contribution in [2.24, 2.45) is 10.7 Å². The van der Waals surface area contributed by atoms with E-state index < -0.39 is 0 Å². The number of hydrogen-bond acceptors (Lipinski definition) is 2. The van der Waals surface area contributed by atoms with E-state index in [-0.39, 0.29) is 11.2 Å². The van der Waals surface area contributed by atoms with Crippen molar-refractivity contribution in [3.05, 3.63) is 35.6 Å². The molecular formula is C18H28FN3O. The second kappa shape index (κ2) is 8.87. The Kier molecular flexibility index (Phi) is 6.84. The lowest BCUT2D eigenvalue weighted by molar-refractivity contribution is 0.145. The Balaban J connectivity index is 1.91. The zero-order valence-electron chi connectivity index (χ0n) is 14.0. The summed E-state index contributed by atoms with van der Waals surface area (Å²) in [5.41, 5.74) is 7.14. The topological polar surface area (TPSA) is 59.6 Å². The van der Waals surface area contributed by atoms with Gasteiger partial charge in [0.1, 0.15) is 5.82 Å². The summed E-state index contributed by atoms with van der Waals surface area (Å²) in [6.45, 7) is 4.88. The van der Waals surface area contributed by atoms with E-state index in [1.54, 1.807) is 0 Å². The van der Waals surface area contributed by atoms with E-state index >= 15 is 0 Å². The Hall–Kier alpha value is -1.62. The van der Waals surface area contributed by atoms with Crippen LogP contribution in [-0.4, -0.2) is 32.3 Å². The molecule has 1 aliphatic rings. The van der Waals surface area contributed by atoms with Crippen LogP contribution in [0.15, 0.2) is 29.3 Å². The second-order valence-corrected chi connectivity index (χ2v) is 6.17. The first-order valence-electron chi connectivity index (χ1n) is 8.54. The molecule has 1 fully saturated rings. The zero-order chi connectivity index (χ0) is 16.5. The number of aliphatic imine (C=N–C) groups is 1. The number of hydrogen-bond donors (Lipinski definition) is 2. The highest BCUT2D eigenvalue weighted by Crippen LogP contribution is 2.41. The van der Waals surface area contributed by atoms with Gasteiger partial charge in [-0.05, 0) is 43.9 Å². The number of nitrogens with one attached hydrogen (secondary N) is 1. The molecule has 1 aromatic rings. The molecule has 5 heteroatoms. The van der Waals surface area contributed by atoms with Gasteiger partial charge in [-0.25, -0.2) is 4.39 Å². The maximum Gasteiger partial charge on any atom is 0.188 e. The molecule has 0 atom stereocenters. The molecule has 0 amide bonds. The lowest BCUT2D eigenvalue weighted by Gasteiger charge is -2.28. The van der Waals surface area contributed by atoms with Crippen LogP contribution in [0.25, 0.3) is 0 Å². The first-order chi connectivity index (χ1) is 11.2. The molecule has 3 N–H and O–H groups in total. The van der Waals surface area contributed by atoms with Gasteiger partial charge in [-0.1, -0.05) is 25.0 Å². The van der Waals surface area contributed by atoms with Crippen LogP contribution in [0.2, 0.25) is 0 Å². The maximum atomic E-state index is 13.2. The molecular weight excluding hydrogens is 293 g/mol. The van der Waals surface area contributed by atoms with Crippen molar-refractivity contribution in [3.8, 4) is 0 Å². The van der Waals surface area contributed by atoms with Gasteiger partial charge in [0.2, 0.25) is 0 Å². The van der Waals surface area contributed by atoms with Crippen molar-refractivity contribution in [1.29, 1.82) is 0 Å². The van der Waals surface area contributed by atoms with Crippen LogP contribution < -0.4 is 11.1 Å². The standard InChI is InChI=1S/C18H28FN3O/c1-2-23-13-5-12-21-17(20)22-14-18(10-3-4-11-18)15-6-8-16(19)9-7-15/h6-9H,2-5,10-14H2,1H3,(H3,20,21,22). The van der Waals surface area contributed by atoms with Crippen LogP contribution >= 0.6 is 0 Å². The predicted octanol–water partition coefficient (Wildman–Crippen LogP) is 2.97. The van der Waals surface area contributed by atoms with Crippen LogP contribution in [0.3, 0.4) is 0 Å². The monoisotopic (exact) mass is 321 g/mol. The number of rotatable bonds is 8. The fraction of sp³-hybridized carbons (Fsp3) is 0.611. The van der Waals surface area contributed by atoms with Crippen LogP contribution in [0.5, 0.6) is 0 Å². The van der Waals surface area contributed by atoms with Crippen molar-refractivity contribution in [2.45, 2.75) is 44.4 Å². The van der Waals surface area contributed by atoms with Gasteiger partial charge in [0.05, 0.1) is 6.54 Å². The van der Waals surface area contributed by atoms with Crippen molar-refractivity contribution in [1.82, 2.24) is 5.32 Å². The van der Waals surface area contributed by atoms with Crippen molar-refractivity contribution in [3.63, 3.8) is 0 Å². The molecule has 0 radical (unpaired) electrons. The van der Waals surface area contributed by atoms with Crippen molar-refractivity contribution >= 4 is 5.96 Å². The normalized spacial score (nSPS) is 17.4. The minimum absolute atomic E-state index is 0.00528. The maximum absolute atomic E-state index is 13.2. The summed E-state index contributed by atoms with van der Waals surface area (Å²) in [5.74, 6) is 0.288. The average Bonchev–Trinajstić information content (AvgIpc) is 3.03. The first-order valence-corrected chi connectivity index (χ1v) is 8.54. The Morgan fingerprint density at radius 3 is 2.65 bits per heavy atom. The second-order valence-electron chi connectivity index (χ2n) is 6.17. The smallest absolute Gasteiger partial charge is 0.188 e. The largest absolute Gasteiger partial charge is 0.382 e. The van der Waals surface area contributed by atoms with Crippen LogP contribution in [-0.2, 0) is 10.2 Å². The molecule has 0 saturated heterocycles. The van der Waals surface area contributed by atoms with Crippen LogP contribution in [0.1, 0.15) is 44.6 Å². The highest BCUT2D eigenvalue weighted by Gasteiger charge is 2.35. The number of benzene rings is 1. The Bertz CT molecular complexity index is 495. The van der Waals surface area contributed by atoms with Crippen LogP contribution in [0, 0.1) is 5.82 Å². The summed E-state index contributed by atoms with van der Waals surface area (Å²) >= 11 is 0. The summed E-state index contributed by atoms with van der Waals surface area (Å²) in [7, 11) is 0.